The van der Waals surface area contributed by atoms with E-state index in [1.165, 1.54) is 38.5 Å². The van der Waals surface area contributed by atoms with E-state index in [9.17, 15) is 4.79 Å². The molecule has 0 aromatic heterocycles. The van der Waals surface area contributed by atoms with Crippen LogP contribution < -0.4 is 5.43 Å². The van der Waals surface area contributed by atoms with Crippen LogP contribution in [0.3, 0.4) is 0 Å². The first-order chi connectivity index (χ1) is 10.8. The number of rotatable bonds is 2. The van der Waals surface area contributed by atoms with Crippen LogP contribution in [0.4, 0.5) is 0 Å². The van der Waals surface area contributed by atoms with E-state index in [1.807, 2.05) is 0 Å². The molecule has 0 spiro atoms. The van der Waals surface area contributed by atoms with Crippen LogP contribution in [0.1, 0.15) is 64.2 Å². The lowest BCUT2D eigenvalue weighted by Gasteiger charge is -2.37. The van der Waals surface area contributed by atoms with Gasteiger partial charge in [0.1, 0.15) is 0 Å². The highest BCUT2D eigenvalue weighted by molar-refractivity contribution is 5.38. The molecule has 2 fully saturated rings. The highest BCUT2D eigenvalue weighted by Gasteiger charge is 2.44. The van der Waals surface area contributed by atoms with E-state index < -0.39 is 0 Å². The lowest BCUT2D eigenvalue weighted by Crippen LogP contribution is -2.53. The number of hydrazine groups is 1. The number of hydrogen-bond donors (Lipinski definition) is 1. The molecule has 3 rings (SSSR count). The minimum Gasteiger partial charge on any atom is -0.445 e. The predicted molar refractivity (Wildman–Crippen MR) is 86.9 cm³/mol. The summed E-state index contributed by atoms with van der Waals surface area (Å²) in [6.07, 6.45) is 16.7. The number of fused-ring (bicyclic) bond motifs is 2. The lowest BCUT2D eigenvalue weighted by atomic mass is 10.0. The standard InChI is InChI=1S/C18H30N2O2/c21-15-22-18-10-7-5-3-1-2-4-6-9-16-13-17(16)14-19-20(18)12-8-11-18/h6,9,15-17,19H,1-5,7-8,10-14H2/b9-6-. The Labute approximate surface area is 134 Å². The van der Waals surface area contributed by atoms with E-state index >= 15 is 0 Å². The Morgan fingerprint density at radius 1 is 1.14 bits per heavy atom. The molecule has 3 aliphatic rings. The SMILES string of the molecule is O=COC12CCCCCCC/C=C\C3CC3CNN1CCC2. The molecule has 3 unspecified atom stereocenters. The Morgan fingerprint density at radius 2 is 1.95 bits per heavy atom. The van der Waals surface area contributed by atoms with Crippen LogP contribution in [-0.4, -0.2) is 30.3 Å². The third kappa shape index (κ3) is 3.90. The van der Waals surface area contributed by atoms with Gasteiger partial charge in [-0.2, -0.15) is 0 Å². The van der Waals surface area contributed by atoms with E-state index in [2.05, 4.69) is 22.6 Å². The summed E-state index contributed by atoms with van der Waals surface area (Å²) in [4.78, 5) is 11.0. The van der Waals surface area contributed by atoms with Gasteiger partial charge in [0.25, 0.3) is 6.47 Å². The predicted octanol–water partition coefficient (Wildman–Crippen LogP) is 3.39. The molecule has 0 bridgehead atoms. The van der Waals surface area contributed by atoms with Crippen molar-refractivity contribution < 1.29 is 9.53 Å². The summed E-state index contributed by atoms with van der Waals surface area (Å²) < 4.78 is 5.60. The van der Waals surface area contributed by atoms with Crippen LogP contribution in [-0.2, 0) is 9.53 Å². The van der Waals surface area contributed by atoms with Crippen molar-refractivity contribution in [2.45, 2.75) is 69.9 Å². The second kappa shape index (κ2) is 7.60. The Kier molecular flexibility index (Phi) is 5.53. The molecule has 1 aliphatic carbocycles. The zero-order valence-corrected chi connectivity index (χ0v) is 13.6. The smallest absolute Gasteiger partial charge is 0.294 e. The van der Waals surface area contributed by atoms with E-state index in [-0.39, 0.29) is 5.72 Å². The highest BCUT2D eigenvalue weighted by atomic mass is 16.6. The number of nitrogens with zero attached hydrogens (tertiary/aromatic N) is 1. The maximum atomic E-state index is 11.0. The maximum absolute atomic E-state index is 11.0. The molecular formula is C18H30N2O2. The van der Waals surface area contributed by atoms with E-state index in [4.69, 9.17) is 4.74 Å². The first-order valence-corrected chi connectivity index (χ1v) is 9.13. The molecular weight excluding hydrogens is 276 g/mol. The number of carbonyl (C=O) groups excluding carboxylic acids is 1. The fraction of sp³-hybridized carbons (Fsp3) is 0.833. The van der Waals surface area contributed by atoms with Crippen LogP contribution >= 0.6 is 0 Å². The van der Waals surface area contributed by atoms with Crippen molar-refractivity contribution >= 4 is 6.47 Å². The van der Waals surface area contributed by atoms with Crippen molar-refractivity contribution in [1.82, 2.24) is 10.4 Å². The minimum absolute atomic E-state index is 0.387. The fourth-order valence-corrected chi connectivity index (χ4v) is 4.04. The minimum atomic E-state index is -0.387. The van der Waals surface area contributed by atoms with Gasteiger partial charge >= 0.3 is 0 Å². The van der Waals surface area contributed by atoms with Crippen molar-refractivity contribution in [3.63, 3.8) is 0 Å². The van der Waals surface area contributed by atoms with Crippen LogP contribution in [0, 0.1) is 11.8 Å². The van der Waals surface area contributed by atoms with Gasteiger partial charge in [-0.15, -0.1) is 0 Å². The van der Waals surface area contributed by atoms with Crippen LogP contribution in [0.5, 0.6) is 0 Å². The Morgan fingerprint density at radius 3 is 2.86 bits per heavy atom. The summed E-state index contributed by atoms with van der Waals surface area (Å²) in [5.74, 6) is 1.53. The van der Waals surface area contributed by atoms with Crippen molar-refractivity contribution in [3.05, 3.63) is 12.2 Å². The Hall–Kier alpha value is -0.870. The molecule has 1 saturated heterocycles. The summed E-state index contributed by atoms with van der Waals surface area (Å²) >= 11 is 0. The van der Waals surface area contributed by atoms with Crippen LogP contribution in [0.2, 0.25) is 0 Å². The molecule has 3 atom stereocenters. The number of allylic oxidation sites excluding steroid dienone is 2. The van der Waals surface area contributed by atoms with Crippen LogP contribution in [0.15, 0.2) is 12.2 Å². The monoisotopic (exact) mass is 306 g/mol. The summed E-state index contributed by atoms with van der Waals surface area (Å²) in [6, 6.07) is 0. The molecule has 4 nitrogen and oxygen atoms in total. The highest BCUT2D eigenvalue weighted by Crippen LogP contribution is 2.40. The lowest BCUT2D eigenvalue weighted by molar-refractivity contribution is -0.173. The molecule has 22 heavy (non-hydrogen) atoms. The van der Waals surface area contributed by atoms with Crippen molar-refractivity contribution in [1.29, 1.82) is 0 Å². The van der Waals surface area contributed by atoms with Gasteiger partial charge in [0.15, 0.2) is 5.72 Å². The third-order valence-electron chi connectivity index (χ3n) is 5.55. The van der Waals surface area contributed by atoms with Gasteiger partial charge in [0.2, 0.25) is 0 Å². The number of ether oxygens (including phenoxy) is 1. The van der Waals surface area contributed by atoms with E-state index in [0.717, 1.165) is 50.6 Å². The molecule has 2 aliphatic heterocycles. The first-order valence-electron chi connectivity index (χ1n) is 9.13. The second-order valence-electron chi connectivity index (χ2n) is 7.17. The second-order valence-corrected chi connectivity index (χ2v) is 7.17. The summed E-state index contributed by atoms with van der Waals surface area (Å²) in [7, 11) is 0. The average molecular weight is 306 g/mol. The number of hydrogen-bond acceptors (Lipinski definition) is 4. The van der Waals surface area contributed by atoms with Crippen molar-refractivity contribution in [3.8, 4) is 0 Å². The molecule has 124 valence electrons. The topological polar surface area (TPSA) is 41.6 Å². The zero-order valence-electron chi connectivity index (χ0n) is 13.6. The van der Waals surface area contributed by atoms with Gasteiger partial charge in [-0.05, 0) is 43.9 Å². The van der Waals surface area contributed by atoms with E-state index in [1.54, 1.807) is 0 Å². The summed E-state index contributed by atoms with van der Waals surface area (Å²) in [5.41, 5.74) is 3.20. The molecule has 0 radical (unpaired) electrons. The molecule has 4 heteroatoms. The largest absolute Gasteiger partial charge is 0.445 e. The van der Waals surface area contributed by atoms with E-state index in [0.29, 0.717) is 6.47 Å². The zero-order chi connectivity index (χ0) is 15.3. The fourth-order valence-electron chi connectivity index (χ4n) is 4.04. The van der Waals surface area contributed by atoms with Crippen molar-refractivity contribution in [2.24, 2.45) is 11.8 Å². The van der Waals surface area contributed by atoms with Gasteiger partial charge in [-0.3, -0.25) is 10.2 Å². The maximum Gasteiger partial charge on any atom is 0.294 e. The summed E-state index contributed by atoms with van der Waals surface area (Å²) in [5, 5.41) is 2.22. The van der Waals surface area contributed by atoms with Gasteiger partial charge in [0.05, 0.1) is 0 Å². The average Bonchev–Trinajstić information content (AvgIpc) is 3.15. The first kappa shape index (κ1) is 16.0. The van der Waals surface area contributed by atoms with Gasteiger partial charge in [0, 0.05) is 25.9 Å². The molecule has 1 N–H and O–H groups in total. The molecule has 2 heterocycles. The molecule has 1 saturated carbocycles. The normalized spacial score (nSPS) is 38.9. The Balaban J connectivity index is 1.62. The van der Waals surface area contributed by atoms with Gasteiger partial charge in [-0.1, -0.05) is 31.4 Å². The molecule has 0 amide bonds. The molecule has 0 aromatic rings. The number of carbonyl (C=O) groups is 1. The summed E-state index contributed by atoms with van der Waals surface area (Å²) in [6.45, 7) is 2.65. The third-order valence-corrected chi connectivity index (χ3v) is 5.55. The van der Waals surface area contributed by atoms with Gasteiger partial charge < -0.3 is 4.74 Å². The Bertz CT molecular complexity index is 399. The van der Waals surface area contributed by atoms with Crippen LogP contribution in [0.25, 0.3) is 0 Å². The number of nitrogens with one attached hydrogen (secondary N) is 1. The quantitative estimate of drug-likeness (QED) is 0.627. The van der Waals surface area contributed by atoms with Crippen molar-refractivity contribution in [2.75, 3.05) is 13.1 Å². The molecule has 0 aromatic carbocycles. The van der Waals surface area contributed by atoms with Gasteiger partial charge in [-0.25, -0.2) is 5.01 Å².